The molecule has 0 atom stereocenters. The van der Waals surface area contributed by atoms with Gasteiger partial charge in [-0.15, -0.1) is 22.7 Å². The molecule has 144 valence electrons. The van der Waals surface area contributed by atoms with E-state index < -0.39 is 11.6 Å². The fourth-order valence-electron chi connectivity index (χ4n) is 3.97. The van der Waals surface area contributed by atoms with Gasteiger partial charge in [0, 0.05) is 36.2 Å². The molecule has 0 aromatic carbocycles. The zero-order valence-electron chi connectivity index (χ0n) is 15.2. The van der Waals surface area contributed by atoms with Crippen molar-refractivity contribution in [3.05, 3.63) is 37.5 Å². The van der Waals surface area contributed by atoms with Gasteiger partial charge in [0.05, 0.1) is 22.9 Å². The fraction of sp³-hybridized carbons (Fsp3) is 0.526. The molecule has 1 amide bonds. The topological polar surface area (TPSA) is 79.7 Å². The number of fused-ring (bicyclic) bond motifs is 2. The number of nitrogens with zero attached hydrogens (tertiary/aromatic N) is 2. The Labute approximate surface area is 165 Å². The third kappa shape index (κ3) is 3.66. The molecule has 2 aliphatic rings. The minimum atomic E-state index is -0.880. The average Bonchev–Trinajstić information content (AvgIpc) is 3.28. The highest BCUT2D eigenvalue weighted by atomic mass is 32.1. The molecule has 0 radical (unpaired) electrons. The number of aromatic nitrogens is 1. The maximum atomic E-state index is 12.6. The predicted molar refractivity (Wildman–Crippen MR) is 104 cm³/mol. The summed E-state index contributed by atoms with van der Waals surface area (Å²) in [7, 11) is 0. The summed E-state index contributed by atoms with van der Waals surface area (Å²) in [5.74, 6) is -0.725. The van der Waals surface area contributed by atoms with E-state index in [4.69, 9.17) is 4.74 Å². The standard InChI is InChI=1S/C19H22N2O4S2/c1-12-20-13(11-26-12)2-3-17(22)21-7-5-19(6-8-21)14-10-16(18(23)24)27-15(14)4-9-25-19/h10-11H,2-9H2,1H3,(H,23,24). The molecule has 0 unspecified atom stereocenters. The summed E-state index contributed by atoms with van der Waals surface area (Å²) in [6.45, 7) is 3.88. The minimum absolute atomic E-state index is 0.156. The second-order valence-corrected chi connectivity index (χ2v) is 9.28. The van der Waals surface area contributed by atoms with E-state index >= 15 is 0 Å². The summed E-state index contributed by atoms with van der Waals surface area (Å²) in [5.41, 5.74) is 1.58. The van der Waals surface area contributed by atoms with Gasteiger partial charge in [0.1, 0.15) is 4.88 Å². The van der Waals surface area contributed by atoms with Gasteiger partial charge < -0.3 is 14.7 Å². The lowest BCUT2D eigenvalue weighted by Gasteiger charge is -2.44. The summed E-state index contributed by atoms with van der Waals surface area (Å²) >= 11 is 2.97. The van der Waals surface area contributed by atoms with Crippen LogP contribution in [0.2, 0.25) is 0 Å². The van der Waals surface area contributed by atoms with Crippen LogP contribution in [0.4, 0.5) is 0 Å². The lowest BCUT2D eigenvalue weighted by atomic mass is 9.82. The first-order valence-corrected chi connectivity index (χ1v) is 10.9. The Balaban J connectivity index is 1.40. The largest absolute Gasteiger partial charge is 0.477 e. The van der Waals surface area contributed by atoms with Gasteiger partial charge in [0.2, 0.25) is 5.91 Å². The van der Waals surface area contributed by atoms with E-state index in [2.05, 4.69) is 4.98 Å². The molecule has 1 saturated heterocycles. The molecule has 1 N–H and O–H groups in total. The number of hydrogen-bond donors (Lipinski definition) is 1. The number of carbonyl (C=O) groups excluding carboxylic acids is 1. The van der Waals surface area contributed by atoms with E-state index in [-0.39, 0.29) is 5.91 Å². The molecule has 1 fully saturated rings. The monoisotopic (exact) mass is 406 g/mol. The van der Waals surface area contributed by atoms with Crippen molar-refractivity contribution in [1.29, 1.82) is 0 Å². The van der Waals surface area contributed by atoms with Crippen molar-refractivity contribution in [3.8, 4) is 0 Å². The second-order valence-electron chi connectivity index (χ2n) is 7.08. The molecule has 4 heterocycles. The molecule has 1 spiro atoms. The van der Waals surface area contributed by atoms with Crippen LogP contribution >= 0.6 is 22.7 Å². The highest BCUT2D eigenvalue weighted by Crippen LogP contribution is 2.44. The SMILES string of the molecule is Cc1nc(CCC(=O)N2CCC3(CC2)OCCc2sc(C(=O)O)cc23)cs1. The number of likely N-dealkylation sites (tertiary alicyclic amines) is 1. The van der Waals surface area contributed by atoms with Crippen LogP contribution < -0.4 is 0 Å². The van der Waals surface area contributed by atoms with Gasteiger partial charge in [-0.2, -0.15) is 0 Å². The molecule has 27 heavy (non-hydrogen) atoms. The van der Waals surface area contributed by atoms with Gasteiger partial charge >= 0.3 is 5.97 Å². The molecule has 0 aliphatic carbocycles. The van der Waals surface area contributed by atoms with Crippen molar-refractivity contribution in [2.45, 2.75) is 44.6 Å². The van der Waals surface area contributed by atoms with E-state index in [9.17, 15) is 14.7 Å². The number of thiazole rings is 1. The Morgan fingerprint density at radius 3 is 2.81 bits per heavy atom. The number of rotatable bonds is 4. The Bertz CT molecular complexity index is 865. The van der Waals surface area contributed by atoms with Gasteiger partial charge in [-0.3, -0.25) is 4.79 Å². The third-order valence-corrected chi connectivity index (χ3v) is 7.41. The summed E-state index contributed by atoms with van der Waals surface area (Å²) < 4.78 is 6.15. The highest BCUT2D eigenvalue weighted by Gasteiger charge is 2.43. The molecule has 6 nitrogen and oxygen atoms in total. The number of ether oxygens (including phenoxy) is 1. The van der Waals surface area contributed by atoms with Gasteiger partial charge in [0.15, 0.2) is 0 Å². The van der Waals surface area contributed by atoms with Crippen molar-refractivity contribution in [3.63, 3.8) is 0 Å². The van der Waals surface area contributed by atoms with Crippen LogP contribution in [0.3, 0.4) is 0 Å². The minimum Gasteiger partial charge on any atom is -0.477 e. The number of piperidine rings is 1. The maximum absolute atomic E-state index is 12.6. The third-order valence-electron chi connectivity index (χ3n) is 5.40. The first-order valence-electron chi connectivity index (χ1n) is 9.16. The Kier molecular flexibility index (Phi) is 5.05. The maximum Gasteiger partial charge on any atom is 0.345 e. The van der Waals surface area contributed by atoms with E-state index in [1.54, 1.807) is 17.4 Å². The van der Waals surface area contributed by atoms with E-state index in [0.29, 0.717) is 37.4 Å². The Morgan fingerprint density at radius 1 is 1.37 bits per heavy atom. The van der Waals surface area contributed by atoms with E-state index in [0.717, 1.165) is 40.4 Å². The van der Waals surface area contributed by atoms with Crippen LogP contribution in [0, 0.1) is 6.92 Å². The van der Waals surface area contributed by atoms with Gasteiger partial charge in [-0.05, 0) is 37.8 Å². The van der Waals surface area contributed by atoms with Crippen molar-refractivity contribution in [1.82, 2.24) is 9.88 Å². The average molecular weight is 407 g/mol. The number of amides is 1. The fourth-order valence-corrected chi connectivity index (χ4v) is 5.69. The van der Waals surface area contributed by atoms with Crippen LogP contribution in [0.15, 0.2) is 11.4 Å². The van der Waals surface area contributed by atoms with Crippen LogP contribution in [0.5, 0.6) is 0 Å². The normalized spacial score (nSPS) is 18.5. The second kappa shape index (κ2) is 7.33. The van der Waals surface area contributed by atoms with Crippen molar-refractivity contribution >= 4 is 34.6 Å². The van der Waals surface area contributed by atoms with E-state index in [1.807, 2.05) is 17.2 Å². The lowest BCUT2D eigenvalue weighted by Crippen LogP contribution is -2.48. The highest BCUT2D eigenvalue weighted by molar-refractivity contribution is 7.14. The summed E-state index contributed by atoms with van der Waals surface area (Å²) in [5, 5.41) is 12.3. The molecule has 4 rings (SSSR count). The first-order chi connectivity index (χ1) is 13.0. The Hall–Kier alpha value is -1.77. The van der Waals surface area contributed by atoms with Crippen LogP contribution in [0.25, 0.3) is 0 Å². The number of aryl methyl sites for hydroxylation is 2. The first kappa shape index (κ1) is 18.6. The van der Waals surface area contributed by atoms with Crippen LogP contribution in [-0.4, -0.2) is 46.6 Å². The Morgan fingerprint density at radius 2 is 2.15 bits per heavy atom. The molecule has 2 aromatic heterocycles. The molecular weight excluding hydrogens is 384 g/mol. The number of aromatic carboxylic acids is 1. The predicted octanol–water partition coefficient (Wildman–Crippen LogP) is 3.23. The number of hydrogen-bond acceptors (Lipinski definition) is 6. The lowest BCUT2D eigenvalue weighted by molar-refractivity contribution is -0.140. The molecule has 0 saturated carbocycles. The quantitative estimate of drug-likeness (QED) is 0.843. The zero-order valence-corrected chi connectivity index (χ0v) is 16.8. The van der Waals surface area contributed by atoms with Crippen molar-refractivity contribution in [2.24, 2.45) is 0 Å². The molecule has 2 aromatic rings. The summed E-state index contributed by atoms with van der Waals surface area (Å²) in [6, 6.07) is 1.78. The number of thiophene rings is 1. The van der Waals surface area contributed by atoms with Gasteiger partial charge in [0.25, 0.3) is 0 Å². The molecule has 8 heteroatoms. The van der Waals surface area contributed by atoms with Crippen LogP contribution in [0.1, 0.15) is 50.1 Å². The summed E-state index contributed by atoms with van der Waals surface area (Å²) in [4.78, 5) is 31.7. The number of carboxylic acid groups (broad SMARTS) is 1. The molecule has 2 aliphatic heterocycles. The molecular formula is C19H22N2O4S2. The van der Waals surface area contributed by atoms with Crippen molar-refractivity contribution in [2.75, 3.05) is 19.7 Å². The van der Waals surface area contributed by atoms with Gasteiger partial charge in [-0.25, -0.2) is 9.78 Å². The van der Waals surface area contributed by atoms with Crippen LogP contribution in [-0.2, 0) is 28.0 Å². The summed E-state index contributed by atoms with van der Waals surface area (Å²) in [6.07, 6.45) is 3.36. The smallest absolute Gasteiger partial charge is 0.345 e. The number of carbonyl (C=O) groups is 2. The molecule has 0 bridgehead atoms. The van der Waals surface area contributed by atoms with Crippen molar-refractivity contribution < 1.29 is 19.4 Å². The van der Waals surface area contributed by atoms with E-state index in [1.165, 1.54) is 11.3 Å². The zero-order chi connectivity index (χ0) is 19.0. The number of carboxylic acids is 1. The van der Waals surface area contributed by atoms with Gasteiger partial charge in [-0.1, -0.05) is 0 Å².